The lowest BCUT2D eigenvalue weighted by atomic mass is 10.2. The summed E-state index contributed by atoms with van der Waals surface area (Å²) < 4.78 is 31.4. The standard InChI is InChI=1S/C15H17NO3S/c1-16(12-13-8-6-7-11-15(13)19-2)20(17,18)14-9-4-3-5-10-14/h3-11H,12H2,1-2H3. The molecule has 0 aliphatic rings. The highest BCUT2D eigenvalue weighted by atomic mass is 32.2. The molecule has 0 atom stereocenters. The summed E-state index contributed by atoms with van der Waals surface area (Å²) in [6, 6.07) is 15.8. The maximum absolute atomic E-state index is 12.4. The van der Waals surface area contributed by atoms with Gasteiger partial charge in [0, 0.05) is 19.2 Å². The third-order valence-electron chi connectivity index (χ3n) is 3.04. The molecule has 0 heterocycles. The minimum atomic E-state index is -3.48. The number of nitrogens with zero attached hydrogens (tertiary/aromatic N) is 1. The van der Waals surface area contributed by atoms with Gasteiger partial charge in [0.1, 0.15) is 5.75 Å². The predicted molar refractivity (Wildman–Crippen MR) is 78.1 cm³/mol. The van der Waals surface area contributed by atoms with Crippen LogP contribution in [0.5, 0.6) is 5.75 Å². The first-order valence-corrected chi connectivity index (χ1v) is 7.63. The van der Waals surface area contributed by atoms with Crippen LogP contribution in [0.15, 0.2) is 59.5 Å². The van der Waals surface area contributed by atoms with Crippen molar-refractivity contribution in [3.05, 3.63) is 60.2 Å². The SMILES string of the molecule is COc1ccccc1CN(C)S(=O)(=O)c1ccccc1. The molecule has 20 heavy (non-hydrogen) atoms. The second kappa shape index (κ2) is 6.07. The van der Waals surface area contributed by atoms with Crippen molar-refractivity contribution in [3.63, 3.8) is 0 Å². The Morgan fingerprint density at radius 3 is 2.25 bits per heavy atom. The number of hydrogen-bond acceptors (Lipinski definition) is 3. The van der Waals surface area contributed by atoms with Crippen molar-refractivity contribution in [2.45, 2.75) is 11.4 Å². The zero-order valence-corrected chi connectivity index (χ0v) is 12.3. The van der Waals surface area contributed by atoms with Gasteiger partial charge in [-0.1, -0.05) is 36.4 Å². The van der Waals surface area contributed by atoms with Gasteiger partial charge in [-0.25, -0.2) is 8.42 Å². The van der Waals surface area contributed by atoms with E-state index in [4.69, 9.17) is 4.74 Å². The molecule has 2 aromatic carbocycles. The Hall–Kier alpha value is -1.85. The summed E-state index contributed by atoms with van der Waals surface area (Å²) in [5.74, 6) is 0.683. The molecular formula is C15H17NO3S. The van der Waals surface area contributed by atoms with E-state index in [-0.39, 0.29) is 11.4 Å². The van der Waals surface area contributed by atoms with Crippen LogP contribution in [0, 0.1) is 0 Å². The molecule has 0 saturated carbocycles. The number of methoxy groups -OCH3 is 1. The van der Waals surface area contributed by atoms with E-state index in [0.29, 0.717) is 5.75 Å². The smallest absolute Gasteiger partial charge is 0.243 e. The van der Waals surface area contributed by atoms with Crippen LogP contribution >= 0.6 is 0 Å². The van der Waals surface area contributed by atoms with Crippen molar-refractivity contribution >= 4 is 10.0 Å². The number of para-hydroxylation sites is 1. The molecule has 0 aliphatic carbocycles. The third-order valence-corrected chi connectivity index (χ3v) is 4.85. The molecule has 0 spiro atoms. The van der Waals surface area contributed by atoms with Crippen molar-refractivity contribution in [3.8, 4) is 5.75 Å². The number of ether oxygens (including phenoxy) is 1. The van der Waals surface area contributed by atoms with Crippen LogP contribution in [0.3, 0.4) is 0 Å². The zero-order valence-electron chi connectivity index (χ0n) is 11.5. The molecule has 0 radical (unpaired) electrons. The molecule has 0 unspecified atom stereocenters. The summed E-state index contributed by atoms with van der Waals surface area (Å²) in [5.41, 5.74) is 0.831. The van der Waals surface area contributed by atoms with Gasteiger partial charge in [-0.3, -0.25) is 0 Å². The third kappa shape index (κ3) is 3.00. The maximum Gasteiger partial charge on any atom is 0.243 e. The molecule has 4 nitrogen and oxygen atoms in total. The Bertz CT molecular complexity index is 669. The van der Waals surface area contributed by atoms with Gasteiger partial charge in [0.15, 0.2) is 0 Å². The van der Waals surface area contributed by atoms with E-state index in [1.165, 1.54) is 4.31 Å². The molecule has 0 aromatic heterocycles. The van der Waals surface area contributed by atoms with Crippen LogP contribution < -0.4 is 4.74 Å². The fourth-order valence-corrected chi connectivity index (χ4v) is 3.10. The zero-order chi connectivity index (χ0) is 14.6. The number of sulfonamides is 1. The Labute approximate surface area is 119 Å². The van der Waals surface area contributed by atoms with Gasteiger partial charge >= 0.3 is 0 Å². The quantitative estimate of drug-likeness (QED) is 0.850. The van der Waals surface area contributed by atoms with Crippen LogP contribution in [0.2, 0.25) is 0 Å². The van der Waals surface area contributed by atoms with E-state index in [1.807, 2.05) is 24.3 Å². The number of benzene rings is 2. The number of hydrogen-bond donors (Lipinski definition) is 0. The summed E-state index contributed by atoms with van der Waals surface area (Å²) in [6.07, 6.45) is 0. The highest BCUT2D eigenvalue weighted by Gasteiger charge is 2.21. The highest BCUT2D eigenvalue weighted by molar-refractivity contribution is 7.89. The van der Waals surface area contributed by atoms with Gasteiger partial charge in [-0.05, 0) is 18.2 Å². The summed E-state index contributed by atoms with van der Waals surface area (Å²) in [7, 11) is -0.346. The van der Waals surface area contributed by atoms with Gasteiger partial charge < -0.3 is 4.74 Å². The van der Waals surface area contributed by atoms with Crippen molar-refractivity contribution in [2.75, 3.05) is 14.2 Å². The fourth-order valence-electron chi connectivity index (χ4n) is 1.93. The molecule has 106 valence electrons. The first-order chi connectivity index (χ1) is 9.55. The van der Waals surface area contributed by atoms with E-state index in [1.54, 1.807) is 44.5 Å². The van der Waals surface area contributed by atoms with Crippen LogP contribution in [-0.4, -0.2) is 26.9 Å². The molecule has 0 saturated heterocycles. The Balaban J connectivity index is 2.26. The first kappa shape index (κ1) is 14.6. The second-order valence-corrected chi connectivity index (χ2v) is 6.43. The van der Waals surface area contributed by atoms with Gasteiger partial charge in [0.05, 0.1) is 12.0 Å². The molecule has 0 fully saturated rings. The lowest BCUT2D eigenvalue weighted by Crippen LogP contribution is -2.26. The Kier molecular flexibility index (Phi) is 4.42. The van der Waals surface area contributed by atoms with Gasteiger partial charge in [-0.15, -0.1) is 0 Å². The van der Waals surface area contributed by atoms with E-state index >= 15 is 0 Å². The van der Waals surface area contributed by atoms with Gasteiger partial charge in [-0.2, -0.15) is 4.31 Å². The molecule has 2 rings (SSSR count). The van der Waals surface area contributed by atoms with E-state index < -0.39 is 10.0 Å². The first-order valence-electron chi connectivity index (χ1n) is 6.19. The van der Waals surface area contributed by atoms with Crippen LogP contribution in [-0.2, 0) is 16.6 Å². The minimum absolute atomic E-state index is 0.265. The van der Waals surface area contributed by atoms with Gasteiger partial charge in [0.25, 0.3) is 0 Å². The number of rotatable bonds is 5. The lowest BCUT2D eigenvalue weighted by Gasteiger charge is -2.18. The molecule has 0 bridgehead atoms. The predicted octanol–water partition coefficient (Wildman–Crippen LogP) is 2.52. The van der Waals surface area contributed by atoms with E-state index in [2.05, 4.69) is 0 Å². The van der Waals surface area contributed by atoms with Crippen molar-refractivity contribution in [1.82, 2.24) is 4.31 Å². The molecule has 0 amide bonds. The average molecular weight is 291 g/mol. The summed E-state index contributed by atoms with van der Waals surface area (Å²) in [6.45, 7) is 0.265. The molecule has 0 N–H and O–H groups in total. The largest absolute Gasteiger partial charge is 0.496 e. The molecule has 5 heteroatoms. The Morgan fingerprint density at radius 2 is 1.60 bits per heavy atom. The van der Waals surface area contributed by atoms with Crippen molar-refractivity contribution in [1.29, 1.82) is 0 Å². The maximum atomic E-state index is 12.4. The van der Waals surface area contributed by atoms with Crippen LogP contribution in [0.1, 0.15) is 5.56 Å². The monoisotopic (exact) mass is 291 g/mol. The van der Waals surface area contributed by atoms with Crippen molar-refractivity contribution < 1.29 is 13.2 Å². The average Bonchev–Trinajstić information content (AvgIpc) is 2.48. The van der Waals surface area contributed by atoms with Crippen molar-refractivity contribution in [2.24, 2.45) is 0 Å². The normalized spacial score (nSPS) is 11.6. The second-order valence-electron chi connectivity index (χ2n) is 4.39. The minimum Gasteiger partial charge on any atom is -0.496 e. The van der Waals surface area contributed by atoms with Gasteiger partial charge in [0.2, 0.25) is 10.0 Å². The molecule has 0 aliphatic heterocycles. The fraction of sp³-hybridized carbons (Fsp3) is 0.200. The van der Waals surface area contributed by atoms with Crippen LogP contribution in [0.25, 0.3) is 0 Å². The highest BCUT2D eigenvalue weighted by Crippen LogP contribution is 2.22. The summed E-state index contributed by atoms with van der Waals surface area (Å²) in [5, 5.41) is 0. The molecule has 2 aromatic rings. The van der Waals surface area contributed by atoms with E-state index in [0.717, 1.165) is 5.56 Å². The summed E-state index contributed by atoms with van der Waals surface area (Å²) in [4.78, 5) is 0.289. The van der Waals surface area contributed by atoms with Crippen LogP contribution in [0.4, 0.5) is 0 Å². The summed E-state index contributed by atoms with van der Waals surface area (Å²) >= 11 is 0. The Morgan fingerprint density at radius 1 is 1.00 bits per heavy atom. The molecular weight excluding hydrogens is 274 g/mol. The lowest BCUT2D eigenvalue weighted by molar-refractivity contribution is 0.398. The van der Waals surface area contributed by atoms with E-state index in [9.17, 15) is 8.42 Å². The topological polar surface area (TPSA) is 46.6 Å².